The van der Waals surface area contributed by atoms with Crippen molar-refractivity contribution in [1.29, 1.82) is 0 Å². The molecule has 4 nitrogen and oxygen atoms in total. The summed E-state index contributed by atoms with van der Waals surface area (Å²) in [5, 5.41) is 7.23. The topological polar surface area (TPSA) is 42.5 Å². The van der Waals surface area contributed by atoms with Crippen LogP contribution in [0.5, 0.6) is 11.5 Å². The van der Waals surface area contributed by atoms with Gasteiger partial charge in [-0.25, -0.2) is 0 Å². The standard InChI is InChI=1S/C17H19ClN2O2S/c1-10-6-5-7-13(11(10)2)19-17(23)20-14-8-12(18)15(21-3)9-16(14)22-4/h5-9H,1-4H3,(H2,19,20,23). The number of ether oxygens (including phenoxy) is 2. The summed E-state index contributed by atoms with van der Waals surface area (Å²) in [6.07, 6.45) is 0. The normalized spacial score (nSPS) is 10.1. The number of thiocarbonyl (C=S) groups is 1. The molecule has 0 aliphatic heterocycles. The van der Waals surface area contributed by atoms with E-state index in [0.717, 1.165) is 11.3 Å². The van der Waals surface area contributed by atoms with Gasteiger partial charge in [-0.05, 0) is 49.3 Å². The Morgan fingerprint density at radius 1 is 1.00 bits per heavy atom. The van der Waals surface area contributed by atoms with E-state index in [0.29, 0.717) is 27.3 Å². The zero-order valence-corrected chi connectivity index (χ0v) is 15.1. The third kappa shape index (κ3) is 4.06. The molecule has 0 spiro atoms. The van der Waals surface area contributed by atoms with E-state index in [1.165, 1.54) is 5.56 Å². The lowest BCUT2D eigenvalue weighted by molar-refractivity contribution is 0.396. The molecule has 0 unspecified atom stereocenters. The molecule has 6 heteroatoms. The van der Waals surface area contributed by atoms with Gasteiger partial charge < -0.3 is 20.1 Å². The number of rotatable bonds is 4. The number of hydrogen-bond donors (Lipinski definition) is 2. The van der Waals surface area contributed by atoms with Gasteiger partial charge in [0.1, 0.15) is 11.5 Å². The first-order chi connectivity index (χ1) is 11.0. The summed E-state index contributed by atoms with van der Waals surface area (Å²) in [7, 11) is 3.13. The van der Waals surface area contributed by atoms with E-state index in [2.05, 4.69) is 23.6 Å². The molecule has 0 heterocycles. The van der Waals surface area contributed by atoms with Crippen LogP contribution < -0.4 is 20.1 Å². The summed E-state index contributed by atoms with van der Waals surface area (Å²) >= 11 is 11.5. The van der Waals surface area contributed by atoms with Crippen molar-refractivity contribution in [3.05, 3.63) is 46.5 Å². The zero-order valence-electron chi connectivity index (χ0n) is 13.5. The fourth-order valence-corrected chi connectivity index (χ4v) is 2.58. The van der Waals surface area contributed by atoms with Gasteiger partial charge in [0.15, 0.2) is 5.11 Å². The predicted molar refractivity (Wildman–Crippen MR) is 100 cm³/mol. The van der Waals surface area contributed by atoms with Crippen molar-refractivity contribution in [3.63, 3.8) is 0 Å². The zero-order chi connectivity index (χ0) is 17.0. The average molecular weight is 351 g/mol. The molecule has 0 saturated carbocycles. The van der Waals surface area contributed by atoms with E-state index in [-0.39, 0.29) is 0 Å². The molecule has 0 fully saturated rings. The highest BCUT2D eigenvalue weighted by atomic mass is 35.5. The third-order valence-electron chi connectivity index (χ3n) is 3.57. The van der Waals surface area contributed by atoms with Gasteiger partial charge in [-0.15, -0.1) is 0 Å². The van der Waals surface area contributed by atoms with Gasteiger partial charge >= 0.3 is 0 Å². The van der Waals surface area contributed by atoms with E-state index in [1.807, 2.05) is 19.1 Å². The molecule has 122 valence electrons. The first kappa shape index (κ1) is 17.4. The summed E-state index contributed by atoms with van der Waals surface area (Å²) in [5.74, 6) is 1.14. The Kier molecular flexibility index (Phi) is 5.69. The minimum absolute atomic E-state index is 0.457. The highest BCUT2D eigenvalue weighted by Crippen LogP contribution is 2.36. The summed E-state index contributed by atoms with van der Waals surface area (Å²) in [5.41, 5.74) is 3.97. The summed E-state index contributed by atoms with van der Waals surface area (Å²) in [6.45, 7) is 4.11. The van der Waals surface area contributed by atoms with Gasteiger partial charge in [-0.2, -0.15) is 0 Å². The van der Waals surface area contributed by atoms with E-state index >= 15 is 0 Å². The van der Waals surface area contributed by atoms with Crippen molar-refractivity contribution in [2.75, 3.05) is 24.9 Å². The largest absolute Gasteiger partial charge is 0.495 e. The number of nitrogens with one attached hydrogen (secondary N) is 2. The molecule has 2 N–H and O–H groups in total. The quantitative estimate of drug-likeness (QED) is 0.776. The van der Waals surface area contributed by atoms with Crippen LogP contribution in [-0.4, -0.2) is 19.3 Å². The highest BCUT2D eigenvalue weighted by molar-refractivity contribution is 7.80. The molecule has 0 aliphatic carbocycles. The van der Waals surface area contributed by atoms with Crippen LogP contribution in [0.25, 0.3) is 0 Å². The first-order valence-electron chi connectivity index (χ1n) is 7.02. The lowest BCUT2D eigenvalue weighted by Crippen LogP contribution is -2.20. The van der Waals surface area contributed by atoms with E-state index in [4.69, 9.17) is 33.3 Å². The molecule has 0 aromatic heterocycles. The fourth-order valence-electron chi connectivity index (χ4n) is 2.12. The van der Waals surface area contributed by atoms with Crippen LogP contribution in [0.1, 0.15) is 11.1 Å². The molecule has 23 heavy (non-hydrogen) atoms. The number of hydrogen-bond acceptors (Lipinski definition) is 3. The second-order valence-corrected chi connectivity index (χ2v) is 5.83. The maximum Gasteiger partial charge on any atom is 0.175 e. The van der Waals surface area contributed by atoms with Gasteiger partial charge in [0.05, 0.1) is 24.9 Å². The minimum atomic E-state index is 0.457. The molecular formula is C17H19ClN2O2S. The molecule has 0 aliphatic rings. The van der Waals surface area contributed by atoms with Crippen LogP contribution in [0.2, 0.25) is 5.02 Å². The van der Waals surface area contributed by atoms with E-state index in [1.54, 1.807) is 26.4 Å². The van der Waals surface area contributed by atoms with Crippen molar-refractivity contribution in [2.24, 2.45) is 0 Å². The van der Waals surface area contributed by atoms with Crippen LogP contribution in [-0.2, 0) is 0 Å². The number of aryl methyl sites for hydroxylation is 1. The Labute approximate surface area is 146 Å². The van der Waals surface area contributed by atoms with Gasteiger partial charge in [0.2, 0.25) is 0 Å². The van der Waals surface area contributed by atoms with Crippen LogP contribution in [0.4, 0.5) is 11.4 Å². The van der Waals surface area contributed by atoms with Crippen molar-refractivity contribution >= 4 is 40.3 Å². The smallest absolute Gasteiger partial charge is 0.175 e. The molecule has 0 radical (unpaired) electrons. The average Bonchev–Trinajstić information content (AvgIpc) is 2.52. The predicted octanol–water partition coefficient (Wildman–Crippen LogP) is 4.78. The minimum Gasteiger partial charge on any atom is -0.495 e. The van der Waals surface area contributed by atoms with Gasteiger partial charge in [0.25, 0.3) is 0 Å². The Morgan fingerprint density at radius 3 is 2.30 bits per heavy atom. The fraction of sp³-hybridized carbons (Fsp3) is 0.235. The second kappa shape index (κ2) is 7.53. The lowest BCUT2D eigenvalue weighted by Gasteiger charge is -2.16. The number of anilines is 2. The second-order valence-electron chi connectivity index (χ2n) is 5.01. The number of halogens is 1. The van der Waals surface area contributed by atoms with E-state index < -0.39 is 0 Å². The maximum atomic E-state index is 6.16. The van der Waals surface area contributed by atoms with Crippen LogP contribution in [0.15, 0.2) is 30.3 Å². The molecule has 0 saturated heterocycles. The first-order valence-corrected chi connectivity index (χ1v) is 7.80. The lowest BCUT2D eigenvalue weighted by atomic mass is 10.1. The van der Waals surface area contributed by atoms with Crippen LogP contribution in [0.3, 0.4) is 0 Å². The van der Waals surface area contributed by atoms with Crippen molar-refractivity contribution in [3.8, 4) is 11.5 Å². The maximum absolute atomic E-state index is 6.16. The molecule has 0 bridgehead atoms. The Hall–Kier alpha value is -1.98. The molecule has 2 aromatic carbocycles. The molecule has 2 rings (SSSR count). The number of benzene rings is 2. The Balaban J connectivity index is 2.20. The van der Waals surface area contributed by atoms with E-state index in [9.17, 15) is 0 Å². The Bertz CT molecular complexity index is 735. The van der Waals surface area contributed by atoms with Crippen molar-refractivity contribution < 1.29 is 9.47 Å². The van der Waals surface area contributed by atoms with Crippen molar-refractivity contribution in [1.82, 2.24) is 0 Å². The Morgan fingerprint density at radius 2 is 1.65 bits per heavy atom. The molecule has 2 aromatic rings. The monoisotopic (exact) mass is 350 g/mol. The molecular weight excluding hydrogens is 332 g/mol. The SMILES string of the molecule is COc1cc(OC)c(NC(=S)Nc2cccc(C)c2C)cc1Cl. The molecule has 0 amide bonds. The van der Waals surface area contributed by atoms with Crippen LogP contribution in [0, 0.1) is 13.8 Å². The summed E-state index contributed by atoms with van der Waals surface area (Å²) < 4.78 is 10.5. The number of methoxy groups -OCH3 is 2. The van der Waals surface area contributed by atoms with Crippen LogP contribution >= 0.6 is 23.8 Å². The highest BCUT2D eigenvalue weighted by Gasteiger charge is 2.11. The summed E-state index contributed by atoms with van der Waals surface area (Å²) in [6, 6.07) is 9.46. The van der Waals surface area contributed by atoms with Gasteiger partial charge in [-0.1, -0.05) is 23.7 Å². The van der Waals surface area contributed by atoms with Gasteiger partial charge in [-0.3, -0.25) is 0 Å². The van der Waals surface area contributed by atoms with Crippen molar-refractivity contribution in [2.45, 2.75) is 13.8 Å². The molecule has 0 atom stereocenters. The van der Waals surface area contributed by atoms with Gasteiger partial charge in [0, 0.05) is 11.8 Å². The summed E-state index contributed by atoms with van der Waals surface area (Å²) in [4.78, 5) is 0. The third-order valence-corrected chi connectivity index (χ3v) is 4.07.